The summed E-state index contributed by atoms with van der Waals surface area (Å²) in [6, 6.07) is 1.96. The lowest BCUT2D eigenvalue weighted by molar-refractivity contribution is -0.128. The third kappa shape index (κ3) is 4.46. The summed E-state index contributed by atoms with van der Waals surface area (Å²) < 4.78 is 18.6. The van der Waals surface area contributed by atoms with Crippen molar-refractivity contribution in [1.82, 2.24) is 34.5 Å². The number of carbonyl (C=O) groups excluding carboxylic acids is 1. The van der Waals surface area contributed by atoms with Gasteiger partial charge in [0.15, 0.2) is 11.5 Å². The first-order chi connectivity index (χ1) is 20.0. The number of halogens is 2. The molecule has 0 spiro atoms. The van der Waals surface area contributed by atoms with Crippen LogP contribution in [0.3, 0.4) is 0 Å². The smallest absolute Gasteiger partial charge is 0.246 e. The van der Waals surface area contributed by atoms with Gasteiger partial charge in [-0.1, -0.05) is 18.2 Å². The average molecular weight is 592 g/mol. The Morgan fingerprint density at radius 1 is 1.10 bits per heavy atom. The number of anilines is 2. The highest BCUT2D eigenvalue weighted by Gasteiger charge is 2.36. The van der Waals surface area contributed by atoms with Crippen molar-refractivity contribution in [1.29, 1.82) is 0 Å². The van der Waals surface area contributed by atoms with Crippen molar-refractivity contribution >= 4 is 51.2 Å². The van der Waals surface area contributed by atoms with Gasteiger partial charge in [0.2, 0.25) is 11.9 Å². The second-order valence-corrected chi connectivity index (χ2v) is 12.1. The normalized spacial score (nSPS) is 19.7. The number of hydrogen-bond acceptors (Lipinski definition) is 8. The lowest BCUT2D eigenvalue weighted by Crippen LogP contribution is -2.59. The Hall–Kier alpha value is -3.83. The van der Waals surface area contributed by atoms with Crippen LogP contribution < -0.4 is 9.80 Å². The van der Waals surface area contributed by atoms with Gasteiger partial charge in [-0.3, -0.25) is 9.48 Å². The van der Waals surface area contributed by atoms with Gasteiger partial charge in [-0.25, -0.2) is 14.4 Å². The first-order valence-corrected chi connectivity index (χ1v) is 14.5. The van der Waals surface area contributed by atoms with Gasteiger partial charge in [0.25, 0.3) is 0 Å². The largest absolute Gasteiger partial charge is 0.349 e. The summed E-state index contributed by atoms with van der Waals surface area (Å²) in [5, 5.41) is 5.86. The van der Waals surface area contributed by atoms with Gasteiger partial charge in [0.05, 0.1) is 11.2 Å². The van der Waals surface area contributed by atoms with E-state index in [0.29, 0.717) is 52.9 Å². The number of amides is 1. The molecule has 0 radical (unpaired) electrons. The Morgan fingerprint density at radius 2 is 1.83 bits per heavy atom. The lowest BCUT2D eigenvalue weighted by atomic mass is 9.97. The number of likely N-dealkylation sites (N-methyl/N-ethyl adjacent to an activating group) is 1. The highest BCUT2D eigenvalue weighted by Crippen LogP contribution is 2.43. The van der Waals surface area contributed by atoms with Gasteiger partial charge < -0.3 is 19.6 Å². The summed E-state index contributed by atoms with van der Waals surface area (Å²) >= 11 is 6.93. The van der Waals surface area contributed by atoms with Crippen molar-refractivity contribution in [3.8, 4) is 11.1 Å². The zero-order chi connectivity index (χ0) is 30.0. The van der Waals surface area contributed by atoms with Crippen LogP contribution in [-0.2, 0) is 11.8 Å². The number of aryl methyl sites for hydroxylation is 2. The fourth-order valence-corrected chi connectivity index (χ4v) is 6.36. The van der Waals surface area contributed by atoms with E-state index in [1.54, 1.807) is 30.2 Å². The Kier molecular flexibility index (Phi) is 7.05. The molecule has 0 aliphatic carbocycles. The number of piperazine rings is 1. The molecule has 42 heavy (non-hydrogen) atoms. The summed E-state index contributed by atoms with van der Waals surface area (Å²) in [5.41, 5.74) is 2.55. The quantitative estimate of drug-likeness (QED) is 0.322. The molecule has 10 nitrogen and oxygen atoms in total. The van der Waals surface area contributed by atoms with Gasteiger partial charge in [0.1, 0.15) is 11.3 Å². The summed E-state index contributed by atoms with van der Waals surface area (Å²) in [4.78, 5) is 35.0. The molecule has 2 atom stereocenters. The molecular formula is C30H35ClFN9O. The minimum Gasteiger partial charge on any atom is -0.349 e. The van der Waals surface area contributed by atoms with Crippen LogP contribution >= 0.6 is 11.6 Å². The molecule has 2 saturated heterocycles. The third-order valence-corrected chi connectivity index (χ3v) is 8.94. The maximum absolute atomic E-state index is 16.9. The van der Waals surface area contributed by atoms with Crippen molar-refractivity contribution in [2.75, 3.05) is 50.1 Å². The van der Waals surface area contributed by atoms with Crippen LogP contribution in [0.15, 0.2) is 31.1 Å². The molecule has 3 aromatic heterocycles. The second kappa shape index (κ2) is 10.5. The molecule has 4 aromatic rings. The summed E-state index contributed by atoms with van der Waals surface area (Å²) in [6.45, 7) is 12.1. The standard InChI is InChI=1S/C30H35ClFN9O/c1-8-23(42)40-12-18(4)41(13-17(40)3)29-20-9-22(31)25(24-16(2)10-33-28-21(24)11-34-38(28)7)26(32)27(20)35-30(36-29)39-14-19(15-39)37(5)6/h8-11,17-19H,1,12-15H2,2-7H3/t17-,18+/m1/s1. The van der Waals surface area contributed by atoms with Crippen molar-refractivity contribution in [2.45, 2.75) is 38.9 Å². The van der Waals surface area contributed by atoms with Crippen molar-refractivity contribution < 1.29 is 9.18 Å². The number of fused-ring (bicyclic) bond motifs is 2. The Bertz CT molecular complexity index is 1730. The van der Waals surface area contributed by atoms with Gasteiger partial charge in [0, 0.05) is 79.4 Å². The SMILES string of the molecule is C=CC(=O)N1C[C@H](C)N(c2nc(N3CC(N(C)C)C3)nc3c(F)c(-c4c(C)cnc5c4cnn5C)c(Cl)cc23)C[C@H]1C. The molecule has 2 aliphatic rings. The molecule has 1 amide bonds. The molecule has 220 valence electrons. The number of rotatable bonds is 5. The predicted octanol–water partition coefficient (Wildman–Crippen LogP) is 4.04. The predicted molar refractivity (Wildman–Crippen MR) is 165 cm³/mol. The van der Waals surface area contributed by atoms with Gasteiger partial charge >= 0.3 is 0 Å². The Morgan fingerprint density at radius 3 is 2.52 bits per heavy atom. The van der Waals surface area contributed by atoms with E-state index in [-0.39, 0.29) is 34.1 Å². The first kappa shape index (κ1) is 28.3. The number of aromatic nitrogens is 5. The topological polar surface area (TPSA) is 86.5 Å². The molecule has 0 saturated carbocycles. The highest BCUT2D eigenvalue weighted by atomic mass is 35.5. The average Bonchev–Trinajstić information content (AvgIpc) is 3.29. The van der Waals surface area contributed by atoms with Crippen LogP contribution in [-0.4, -0.2) is 98.8 Å². The minimum atomic E-state index is -0.507. The maximum Gasteiger partial charge on any atom is 0.246 e. The summed E-state index contributed by atoms with van der Waals surface area (Å²) in [7, 11) is 5.90. The molecule has 6 rings (SSSR count). The van der Waals surface area contributed by atoms with Crippen molar-refractivity contribution in [2.24, 2.45) is 7.05 Å². The van der Waals surface area contributed by atoms with Crippen molar-refractivity contribution in [3.63, 3.8) is 0 Å². The molecule has 5 heterocycles. The Labute approximate surface area is 249 Å². The summed E-state index contributed by atoms with van der Waals surface area (Å²) in [5.74, 6) is 0.474. The van der Waals surface area contributed by atoms with Crippen LogP contribution in [0.5, 0.6) is 0 Å². The first-order valence-electron chi connectivity index (χ1n) is 14.1. The molecule has 0 bridgehead atoms. The highest BCUT2D eigenvalue weighted by molar-refractivity contribution is 6.35. The molecule has 0 unspecified atom stereocenters. The fourth-order valence-electron chi connectivity index (χ4n) is 6.08. The maximum atomic E-state index is 16.9. The van der Waals surface area contributed by atoms with Crippen LogP contribution in [0.25, 0.3) is 33.1 Å². The molecule has 1 aromatic carbocycles. The van der Waals surface area contributed by atoms with E-state index in [1.807, 2.05) is 39.8 Å². The Balaban J connectivity index is 1.55. The fraction of sp³-hybridized carbons (Fsp3) is 0.433. The number of carbonyl (C=O) groups is 1. The molecule has 2 aliphatic heterocycles. The second-order valence-electron chi connectivity index (χ2n) is 11.7. The number of hydrogen-bond donors (Lipinski definition) is 0. The number of benzene rings is 1. The van der Waals surface area contributed by atoms with Crippen LogP contribution in [0.1, 0.15) is 19.4 Å². The van der Waals surface area contributed by atoms with Gasteiger partial charge in [-0.05, 0) is 52.6 Å². The van der Waals surface area contributed by atoms with Crippen LogP contribution in [0, 0.1) is 12.7 Å². The van der Waals surface area contributed by atoms with Crippen LogP contribution in [0.2, 0.25) is 5.02 Å². The van der Waals surface area contributed by atoms with Gasteiger partial charge in [-0.2, -0.15) is 10.1 Å². The number of pyridine rings is 1. The van der Waals surface area contributed by atoms with E-state index in [1.165, 1.54) is 6.08 Å². The summed E-state index contributed by atoms with van der Waals surface area (Å²) in [6.07, 6.45) is 4.75. The van der Waals surface area contributed by atoms with E-state index in [0.717, 1.165) is 18.7 Å². The minimum absolute atomic E-state index is 0.0825. The van der Waals surface area contributed by atoms with E-state index in [9.17, 15) is 4.79 Å². The van der Waals surface area contributed by atoms with E-state index < -0.39 is 5.82 Å². The monoisotopic (exact) mass is 591 g/mol. The molecule has 12 heteroatoms. The third-order valence-electron chi connectivity index (χ3n) is 8.64. The zero-order valence-electron chi connectivity index (χ0n) is 24.8. The molecule has 2 fully saturated rings. The zero-order valence-corrected chi connectivity index (χ0v) is 25.5. The molecular weight excluding hydrogens is 557 g/mol. The van der Waals surface area contributed by atoms with Crippen molar-refractivity contribution in [3.05, 3.63) is 47.5 Å². The lowest BCUT2D eigenvalue weighted by Gasteiger charge is -2.45. The molecule has 0 N–H and O–H groups in total. The van der Waals surface area contributed by atoms with Crippen LogP contribution in [0.4, 0.5) is 16.2 Å². The van der Waals surface area contributed by atoms with Gasteiger partial charge in [-0.15, -0.1) is 0 Å². The van der Waals surface area contributed by atoms with E-state index >= 15 is 4.39 Å². The number of nitrogens with zero attached hydrogens (tertiary/aromatic N) is 9. The van der Waals surface area contributed by atoms with E-state index in [2.05, 4.69) is 31.4 Å². The van der Waals surface area contributed by atoms with E-state index in [4.69, 9.17) is 21.6 Å².